The molecule has 0 saturated carbocycles. The van der Waals surface area contributed by atoms with E-state index in [1.165, 1.54) is 6.07 Å². The standard InChI is InChI=1S/C14H11BrCl2N2O3/c15-12-4-3-11(22-12)14(21)19-6-5-18-13(20)9-2-1-8(16)7-10(9)17/h1-4,7H,5-6H2,(H,18,20)(H,19,21). The first-order valence-electron chi connectivity index (χ1n) is 6.24. The van der Waals surface area contributed by atoms with Gasteiger partial charge < -0.3 is 15.1 Å². The van der Waals surface area contributed by atoms with Gasteiger partial charge >= 0.3 is 0 Å². The van der Waals surface area contributed by atoms with E-state index in [1.807, 2.05) is 0 Å². The van der Waals surface area contributed by atoms with E-state index in [0.29, 0.717) is 15.3 Å². The van der Waals surface area contributed by atoms with Crippen LogP contribution in [0, 0.1) is 0 Å². The number of hydrogen-bond acceptors (Lipinski definition) is 3. The molecule has 1 aromatic heterocycles. The molecule has 2 amide bonds. The fourth-order valence-electron chi connectivity index (χ4n) is 1.64. The van der Waals surface area contributed by atoms with Crippen molar-refractivity contribution in [2.75, 3.05) is 13.1 Å². The minimum Gasteiger partial charge on any atom is -0.444 e. The van der Waals surface area contributed by atoms with Crippen LogP contribution in [0.1, 0.15) is 20.9 Å². The van der Waals surface area contributed by atoms with E-state index in [9.17, 15) is 9.59 Å². The van der Waals surface area contributed by atoms with Crippen LogP contribution in [0.3, 0.4) is 0 Å². The summed E-state index contributed by atoms with van der Waals surface area (Å²) in [6, 6.07) is 7.79. The maximum Gasteiger partial charge on any atom is 0.287 e. The second-order valence-electron chi connectivity index (χ2n) is 4.24. The summed E-state index contributed by atoms with van der Waals surface area (Å²) in [5.74, 6) is -0.500. The first kappa shape index (κ1) is 16.9. The molecule has 8 heteroatoms. The van der Waals surface area contributed by atoms with Crippen molar-refractivity contribution in [2.45, 2.75) is 0 Å². The minimum atomic E-state index is -0.357. The Labute approximate surface area is 145 Å². The molecular formula is C14H11BrCl2N2O3. The van der Waals surface area contributed by atoms with Crippen LogP contribution >= 0.6 is 39.1 Å². The second-order valence-corrected chi connectivity index (χ2v) is 5.86. The molecule has 0 spiro atoms. The summed E-state index contributed by atoms with van der Waals surface area (Å²) in [6.45, 7) is 0.513. The highest BCUT2D eigenvalue weighted by Crippen LogP contribution is 2.20. The number of carbonyl (C=O) groups is 2. The van der Waals surface area contributed by atoms with Crippen LogP contribution in [-0.2, 0) is 0 Å². The lowest BCUT2D eigenvalue weighted by Gasteiger charge is -2.07. The molecule has 0 aliphatic rings. The Hall–Kier alpha value is -1.50. The van der Waals surface area contributed by atoms with E-state index in [-0.39, 0.29) is 35.7 Å². The van der Waals surface area contributed by atoms with Crippen LogP contribution < -0.4 is 10.6 Å². The van der Waals surface area contributed by atoms with Gasteiger partial charge in [-0.25, -0.2) is 0 Å². The van der Waals surface area contributed by atoms with E-state index in [0.717, 1.165) is 0 Å². The largest absolute Gasteiger partial charge is 0.444 e. The number of amides is 2. The van der Waals surface area contributed by atoms with Crippen molar-refractivity contribution < 1.29 is 14.0 Å². The van der Waals surface area contributed by atoms with Crippen molar-refractivity contribution in [1.82, 2.24) is 10.6 Å². The van der Waals surface area contributed by atoms with E-state index >= 15 is 0 Å². The SMILES string of the molecule is O=C(NCCNC(=O)c1ccc(Cl)cc1Cl)c1ccc(Br)o1. The minimum absolute atomic E-state index is 0.193. The molecule has 0 fully saturated rings. The maximum atomic E-state index is 11.9. The third kappa shape index (κ3) is 4.50. The number of rotatable bonds is 5. The highest BCUT2D eigenvalue weighted by Gasteiger charge is 2.12. The average molecular weight is 406 g/mol. The molecule has 0 radical (unpaired) electrons. The number of furan rings is 1. The zero-order chi connectivity index (χ0) is 16.1. The lowest BCUT2D eigenvalue weighted by atomic mass is 10.2. The molecule has 0 bridgehead atoms. The van der Waals surface area contributed by atoms with Gasteiger partial charge in [0.25, 0.3) is 11.8 Å². The summed E-state index contributed by atoms with van der Waals surface area (Å²) < 4.78 is 5.58. The van der Waals surface area contributed by atoms with Gasteiger partial charge in [0.2, 0.25) is 0 Å². The third-order valence-corrected chi connectivity index (χ3v) is 3.64. The van der Waals surface area contributed by atoms with Crippen molar-refractivity contribution in [3.8, 4) is 0 Å². The average Bonchev–Trinajstić information content (AvgIpc) is 2.90. The van der Waals surface area contributed by atoms with Crippen LogP contribution in [0.25, 0.3) is 0 Å². The monoisotopic (exact) mass is 404 g/mol. The Bertz CT molecular complexity index is 703. The van der Waals surface area contributed by atoms with Gasteiger partial charge in [0.05, 0.1) is 10.6 Å². The molecule has 2 N–H and O–H groups in total. The fourth-order valence-corrected chi connectivity index (χ4v) is 2.45. The lowest BCUT2D eigenvalue weighted by Crippen LogP contribution is -2.34. The molecule has 1 aromatic carbocycles. The summed E-state index contributed by atoms with van der Waals surface area (Å²) in [6.07, 6.45) is 0. The topological polar surface area (TPSA) is 71.3 Å². The first-order valence-corrected chi connectivity index (χ1v) is 7.79. The Kier molecular flexibility index (Phi) is 5.88. The molecular weight excluding hydrogens is 395 g/mol. The quantitative estimate of drug-likeness (QED) is 0.747. The molecule has 1 heterocycles. The predicted molar refractivity (Wildman–Crippen MR) is 87.5 cm³/mol. The van der Waals surface area contributed by atoms with Crippen molar-refractivity contribution in [3.05, 3.63) is 56.4 Å². The van der Waals surface area contributed by atoms with Crippen molar-refractivity contribution in [3.63, 3.8) is 0 Å². The Balaban J connectivity index is 1.79. The summed E-state index contributed by atoms with van der Waals surface area (Å²) in [5, 5.41) is 6.00. The molecule has 22 heavy (non-hydrogen) atoms. The van der Waals surface area contributed by atoms with Crippen LogP contribution in [0.5, 0.6) is 0 Å². The summed E-state index contributed by atoms with van der Waals surface area (Å²) in [7, 11) is 0. The molecule has 0 aliphatic carbocycles. The smallest absolute Gasteiger partial charge is 0.287 e. The highest BCUT2D eigenvalue weighted by atomic mass is 79.9. The molecule has 0 unspecified atom stereocenters. The number of carbonyl (C=O) groups excluding carboxylic acids is 2. The van der Waals surface area contributed by atoms with Crippen LogP contribution in [0.2, 0.25) is 10.0 Å². The van der Waals surface area contributed by atoms with Crippen LogP contribution in [0.4, 0.5) is 0 Å². The third-order valence-electron chi connectivity index (χ3n) is 2.67. The molecule has 2 rings (SSSR count). The number of halogens is 3. The number of nitrogens with one attached hydrogen (secondary N) is 2. The number of hydrogen-bond donors (Lipinski definition) is 2. The van der Waals surface area contributed by atoms with Gasteiger partial charge in [0.1, 0.15) is 0 Å². The van der Waals surface area contributed by atoms with E-state index in [1.54, 1.807) is 24.3 Å². The van der Waals surface area contributed by atoms with Gasteiger partial charge in [0.15, 0.2) is 10.4 Å². The van der Waals surface area contributed by atoms with Crippen LogP contribution in [-0.4, -0.2) is 24.9 Å². The second kappa shape index (κ2) is 7.67. The molecule has 0 aliphatic heterocycles. The highest BCUT2D eigenvalue weighted by molar-refractivity contribution is 9.10. The van der Waals surface area contributed by atoms with E-state index < -0.39 is 0 Å². The molecule has 5 nitrogen and oxygen atoms in total. The van der Waals surface area contributed by atoms with Crippen molar-refractivity contribution >= 4 is 50.9 Å². The van der Waals surface area contributed by atoms with Gasteiger partial charge in [-0.1, -0.05) is 23.2 Å². The Morgan fingerprint density at radius 1 is 1.05 bits per heavy atom. The van der Waals surface area contributed by atoms with Gasteiger partial charge in [-0.15, -0.1) is 0 Å². The van der Waals surface area contributed by atoms with Gasteiger partial charge in [-0.2, -0.15) is 0 Å². The summed E-state index contributed by atoms with van der Waals surface area (Å²) >= 11 is 14.8. The lowest BCUT2D eigenvalue weighted by molar-refractivity contribution is 0.0909. The van der Waals surface area contributed by atoms with Crippen molar-refractivity contribution in [2.24, 2.45) is 0 Å². The summed E-state index contributed by atoms with van der Waals surface area (Å²) in [5.41, 5.74) is 0.326. The van der Waals surface area contributed by atoms with E-state index in [2.05, 4.69) is 26.6 Å². The molecule has 116 valence electrons. The maximum absolute atomic E-state index is 11.9. The number of benzene rings is 1. The van der Waals surface area contributed by atoms with Crippen molar-refractivity contribution in [1.29, 1.82) is 0 Å². The zero-order valence-electron chi connectivity index (χ0n) is 11.2. The van der Waals surface area contributed by atoms with Crippen LogP contribution in [0.15, 0.2) is 39.4 Å². The molecule has 0 atom stereocenters. The predicted octanol–water partition coefficient (Wildman–Crippen LogP) is 3.51. The Morgan fingerprint density at radius 3 is 2.32 bits per heavy atom. The van der Waals surface area contributed by atoms with E-state index in [4.69, 9.17) is 27.6 Å². The zero-order valence-corrected chi connectivity index (χ0v) is 14.3. The summed E-state index contributed by atoms with van der Waals surface area (Å²) in [4.78, 5) is 23.6. The first-order chi connectivity index (χ1) is 10.5. The molecule has 2 aromatic rings. The van der Waals surface area contributed by atoms with Gasteiger partial charge in [0, 0.05) is 18.1 Å². The Morgan fingerprint density at radius 2 is 1.73 bits per heavy atom. The van der Waals surface area contributed by atoms with Gasteiger partial charge in [-0.05, 0) is 46.3 Å². The molecule has 0 saturated heterocycles. The van der Waals surface area contributed by atoms with Gasteiger partial charge in [-0.3, -0.25) is 9.59 Å². The fraction of sp³-hybridized carbons (Fsp3) is 0.143. The normalized spacial score (nSPS) is 10.3.